The fourth-order valence-electron chi connectivity index (χ4n) is 1.11. The van der Waals surface area contributed by atoms with Gasteiger partial charge in [-0.25, -0.2) is 4.79 Å². The summed E-state index contributed by atoms with van der Waals surface area (Å²) < 4.78 is 4.41. The number of carboxylic acids is 1. The van der Waals surface area contributed by atoms with Gasteiger partial charge in [0.2, 0.25) is 11.7 Å². The molecule has 8 heteroatoms. The zero-order valence-corrected chi connectivity index (χ0v) is 9.89. The van der Waals surface area contributed by atoms with Crippen LogP contribution in [0.3, 0.4) is 0 Å². The lowest BCUT2D eigenvalue weighted by Crippen LogP contribution is -2.39. The molecule has 0 spiro atoms. The number of hydrogen-bond acceptors (Lipinski definition) is 5. The normalized spacial score (nSPS) is 10.2. The first-order chi connectivity index (χ1) is 8.40. The van der Waals surface area contributed by atoms with Crippen molar-refractivity contribution in [2.75, 3.05) is 6.54 Å². The van der Waals surface area contributed by atoms with Gasteiger partial charge in [0.15, 0.2) is 5.69 Å². The molecular weight excluding hydrogens is 242 g/mol. The molecule has 0 aliphatic carbocycles. The summed E-state index contributed by atoms with van der Waals surface area (Å²) in [4.78, 5) is 33.2. The summed E-state index contributed by atoms with van der Waals surface area (Å²) in [6.45, 7) is 3.36. The van der Waals surface area contributed by atoms with Crippen LogP contribution in [0.15, 0.2) is 10.6 Å². The van der Waals surface area contributed by atoms with E-state index in [9.17, 15) is 14.4 Å². The van der Waals surface area contributed by atoms with E-state index in [1.54, 1.807) is 13.8 Å². The molecule has 0 fully saturated rings. The molecule has 0 unspecified atom stereocenters. The van der Waals surface area contributed by atoms with E-state index in [1.807, 2.05) is 0 Å². The Kier molecular flexibility index (Phi) is 4.41. The van der Waals surface area contributed by atoms with Crippen molar-refractivity contribution in [3.05, 3.63) is 17.5 Å². The van der Waals surface area contributed by atoms with Crippen molar-refractivity contribution in [3.8, 4) is 0 Å². The molecular formula is C10H13N3O5. The molecule has 1 aromatic heterocycles. The largest absolute Gasteiger partial charge is 0.475 e. The van der Waals surface area contributed by atoms with Crippen molar-refractivity contribution in [1.29, 1.82) is 0 Å². The van der Waals surface area contributed by atoms with Gasteiger partial charge in [0.25, 0.3) is 5.91 Å². The maximum Gasteiger partial charge on any atom is 0.374 e. The van der Waals surface area contributed by atoms with Crippen LogP contribution in [0.5, 0.6) is 0 Å². The summed E-state index contributed by atoms with van der Waals surface area (Å²) >= 11 is 0. The standard InChI is InChI=1S/C10H13N3O5/c1-5(2)12-8(14)4-11-9(15)6-3-7(10(16)17)18-13-6/h3,5H,4H2,1-2H3,(H,11,15)(H,12,14)(H,16,17). The summed E-state index contributed by atoms with van der Waals surface area (Å²) in [5.41, 5.74) is -0.190. The Balaban J connectivity index is 2.50. The van der Waals surface area contributed by atoms with Crippen LogP contribution in [0.2, 0.25) is 0 Å². The van der Waals surface area contributed by atoms with Gasteiger partial charge in [-0.1, -0.05) is 5.16 Å². The highest BCUT2D eigenvalue weighted by atomic mass is 16.5. The van der Waals surface area contributed by atoms with Crippen molar-refractivity contribution in [3.63, 3.8) is 0 Å². The van der Waals surface area contributed by atoms with Crippen LogP contribution in [0.25, 0.3) is 0 Å². The highest BCUT2D eigenvalue weighted by Gasteiger charge is 2.17. The average Bonchev–Trinajstić information content (AvgIpc) is 2.74. The van der Waals surface area contributed by atoms with Gasteiger partial charge >= 0.3 is 5.97 Å². The van der Waals surface area contributed by atoms with E-state index in [4.69, 9.17) is 5.11 Å². The zero-order chi connectivity index (χ0) is 13.7. The molecule has 0 atom stereocenters. The van der Waals surface area contributed by atoms with Crippen LogP contribution in [0, 0.1) is 0 Å². The highest BCUT2D eigenvalue weighted by Crippen LogP contribution is 2.02. The van der Waals surface area contributed by atoms with Gasteiger partial charge in [-0.2, -0.15) is 0 Å². The number of amides is 2. The molecule has 0 radical (unpaired) electrons. The van der Waals surface area contributed by atoms with E-state index in [0.717, 1.165) is 6.07 Å². The van der Waals surface area contributed by atoms with Crippen LogP contribution < -0.4 is 10.6 Å². The summed E-state index contributed by atoms with van der Waals surface area (Å²) in [6, 6.07) is 0.956. The number of nitrogens with one attached hydrogen (secondary N) is 2. The lowest BCUT2D eigenvalue weighted by Gasteiger charge is -2.08. The lowest BCUT2D eigenvalue weighted by atomic mass is 10.3. The van der Waals surface area contributed by atoms with E-state index >= 15 is 0 Å². The Labute approximate surface area is 102 Å². The van der Waals surface area contributed by atoms with Crippen LogP contribution in [0.1, 0.15) is 34.9 Å². The fourth-order valence-corrected chi connectivity index (χ4v) is 1.11. The first-order valence-electron chi connectivity index (χ1n) is 5.17. The number of aromatic nitrogens is 1. The Hall–Kier alpha value is -2.38. The Morgan fingerprint density at radius 3 is 2.61 bits per heavy atom. The topological polar surface area (TPSA) is 122 Å². The molecule has 0 saturated carbocycles. The second-order valence-electron chi connectivity index (χ2n) is 3.79. The molecule has 0 bridgehead atoms. The Morgan fingerprint density at radius 2 is 2.11 bits per heavy atom. The van der Waals surface area contributed by atoms with Gasteiger partial charge in [0, 0.05) is 12.1 Å². The first kappa shape index (κ1) is 13.7. The smallest absolute Gasteiger partial charge is 0.374 e. The minimum absolute atomic E-state index is 0.0277. The van der Waals surface area contributed by atoms with Crippen LogP contribution in [-0.2, 0) is 4.79 Å². The van der Waals surface area contributed by atoms with Gasteiger partial charge < -0.3 is 20.3 Å². The van der Waals surface area contributed by atoms with Crippen LogP contribution in [-0.4, -0.2) is 40.6 Å². The lowest BCUT2D eigenvalue weighted by molar-refractivity contribution is -0.120. The number of rotatable bonds is 5. The third kappa shape index (κ3) is 3.89. The monoisotopic (exact) mass is 255 g/mol. The van der Waals surface area contributed by atoms with Crippen LogP contribution in [0.4, 0.5) is 0 Å². The summed E-state index contributed by atoms with van der Waals surface area (Å²) in [6.07, 6.45) is 0. The fraction of sp³-hybridized carbons (Fsp3) is 0.400. The molecule has 2 amide bonds. The van der Waals surface area contributed by atoms with Crippen molar-refractivity contribution in [2.45, 2.75) is 19.9 Å². The summed E-state index contributed by atoms with van der Waals surface area (Å²) in [5, 5.41) is 16.7. The minimum Gasteiger partial charge on any atom is -0.475 e. The highest BCUT2D eigenvalue weighted by molar-refractivity contribution is 5.96. The second-order valence-corrected chi connectivity index (χ2v) is 3.79. The molecule has 0 saturated heterocycles. The molecule has 1 rings (SSSR count). The number of hydrogen-bond donors (Lipinski definition) is 3. The van der Waals surface area contributed by atoms with Crippen molar-refractivity contribution < 1.29 is 24.0 Å². The zero-order valence-electron chi connectivity index (χ0n) is 9.89. The third-order valence-corrected chi connectivity index (χ3v) is 1.81. The van der Waals surface area contributed by atoms with Gasteiger partial charge in [0.05, 0.1) is 6.54 Å². The minimum atomic E-state index is -1.32. The molecule has 1 heterocycles. The molecule has 0 aliphatic rings. The van der Waals surface area contributed by atoms with Crippen molar-refractivity contribution in [1.82, 2.24) is 15.8 Å². The summed E-state index contributed by atoms with van der Waals surface area (Å²) in [7, 11) is 0. The number of nitrogens with zero attached hydrogens (tertiary/aromatic N) is 1. The van der Waals surface area contributed by atoms with Crippen molar-refractivity contribution >= 4 is 17.8 Å². The predicted molar refractivity (Wildman–Crippen MR) is 59.1 cm³/mol. The van der Waals surface area contributed by atoms with E-state index < -0.39 is 17.6 Å². The van der Waals surface area contributed by atoms with Gasteiger partial charge in [-0.15, -0.1) is 0 Å². The quantitative estimate of drug-likeness (QED) is 0.659. The third-order valence-electron chi connectivity index (χ3n) is 1.81. The maximum atomic E-state index is 11.5. The van der Waals surface area contributed by atoms with E-state index in [2.05, 4.69) is 20.3 Å². The van der Waals surface area contributed by atoms with E-state index in [1.165, 1.54) is 0 Å². The predicted octanol–water partition coefficient (Wildman–Crippen LogP) is -0.373. The first-order valence-corrected chi connectivity index (χ1v) is 5.17. The van der Waals surface area contributed by atoms with Gasteiger partial charge in [0.1, 0.15) is 0 Å². The molecule has 0 aliphatic heterocycles. The van der Waals surface area contributed by atoms with Crippen molar-refractivity contribution in [2.24, 2.45) is 0 Å². The second kappa shape index (κ2) is 5.80. The number of carbonyl (C=O) groups is 3. The van der Waals surface area contributed by atoms with Gasteiger partial charge in [-0.3, -0.25) is 9.59 Å². The number of carboxylic acid groups (broad SMARTS) is 1. The Morgan fingerprint density at radius 1 is 1.44 bits per heavy atom. The SMILES string of the molecule is CC(C)NC(=O)CNC(=O)c1cc(C(=O)O)on1. The van der Waals surface area contributed by atoms with E-state index in [-0.39, 0.29) is 24.2 Å². The van der Waals surface area contributed by atoms with E-state index in [0.29, 0.717) is 0 Å². The molecule has 8 nitrogen and oxygen atoms in total. The molecule has 18 heavy (non-hydrogen) atoms. The molecule has 98 valence electrons. The number of aromatic carboxylic acids is 1. The molecule has 3 N–H and O–H groups in total. The van der Waals surface area contributed by atoms with Gasteiger partial charge in [-0.05, 0) is 13.8 Å². The molecule has 1 aromatic rings. The Bertz CT molecular complexity index is 466. The van der Waals surface area contributed by atoms with Crippen LogP contribution >= 0.6 is 0 Å². The average molecular weight is 255 g/mol. The molecule has 0 aromatic carbocycles. The number of carbonyl (C=O) groups excluding carboxylic acids is 2. The maximum absolute atomic E-state index is 11.5. The summed E-state index contributed by atoms with van der Waals surface area (Å²) in [5.74, 6) is -2.78.